The summed E-state index contributed by atoms with van der Waals surface area (Å²) >= 11 is 4.91. The lowest BCUT2D eigenvalue weighted by atomic mass is 10.1. The van der Waals surface area contributed by atoms with Crippen LogP contribution in [0, 0.1) is 4.77 Å². The third-order valence-electron chi connectivity index (χ3n) is 2.27. The van der Waals surface area contributed by atoms with Gasteiger partial charge in [-0.3, -0.25) is 0 Å². The number of hydrogen-bond donors (Lipinski definition) is 2. The number of nitrogens with two attached hydrogens (primary N) is 1. The van der Waals surface area contributed by atoms with E-state index in [2.05, 4.69) is 15.0 Å². The average Bonchev–Trinajstić information content (AvgIpc) is 2.28. The molecule has 0 aliphatic carbocycles. The van der Waals surface area contributed by atoms with Gasteiger partial charge in [0.1, 0.15) is 11.6 Å². The second kappa shape index (κ2) is 4.92. The van der Waals surface area contributed by atoms with Crippen LogP contribution < -0.4 is 10.5 Å². The molecule has 1 heterocycles. The van der Waals surface area contributed by atoms with E-state index >= 15 is 0 Å². The van der Waals surface area contributed by atoms with Crippen molar-refractivity contribution >= 4 is 18.2 Å². The average molecular weight is 248 g/mol. The number of nitrogens with one attached hydrogen (secondary N) is 1. The maximum Gasteiger partial charge on any atom is 0.224 e. The van der Waals surface area contributed by atoms with E-state index in [0.717, 1.165) is 11.3 Å². The zero-order chi connectivity index (χ0) is 12.3. The highest BCUT2D eigenvalue weighted by Gasteiger charge is 2.05. The molecule has 0 fully saturated rings. The molecule has 2 aromatic rings. The number of aromatic amines is 1. The highest BCUT2D eigenvalue weighted by atomic mass is 32.1. The molecule has 0 bridgehead atoms. The van der Waals surface area contributed by atoms with Crippen LogP contribution in [-0.4, -0.2) is 22.1 Å². The molecule has 0 atom stereocenters. The molecule has 6 heteroatoms. The van der Waals surface area contributed by atoms with Crippen LogP contribution in [0.2, 0.25) is 0 Å². The monoisotopic (exact) mass is 248 g/mol. The van der Waals surface area contributed by atoms with Gasteiger partial charge in [-0.2, -0.15) is 4.98 Å². The van der Waals surface area contributed by atoms with Crippen molar-refractivity contribution in [2.75, 3.05) is 12.8 Å². The molecule has 0 unspecified atom stereocenters. The maximum absolute atomic E-state index is 5.58. The molecule has 0 aliphatic heterocycles. The van der Waals surface area contributed by atoms with Crippen molar-refractivity contribution in [1.29, 1.82) is 0 Å². The highest BCUT2D eigenvalue weighted by Crippen LogP contribution is 2.19. The number of nitrogens with zero attached hydrogens (tertiary/aromatic N) is 2. The molecule has 3 N–H and O–H groups in total. The van der Waals surface area contributed by atoms with E-state index in [9.17, 15) is 0 Å². The second-order valence-electron chi connectivity index (χ2n) is 3.45. The third-order valence-corrected chi connectivity index (χ3v) is 2.45. The summed E-state index contributed by atoms with van der Waals surface area (Å²) in [6.45, 7) is 0. The van der Waals surface area contributed by atoms with Crippen LogP contribution in [0.1, 0.15) is 11.4 Å². The molecule has 0 spiro atoms. The largest absolute Gasteiger partial charge is 0.496 e. The summed E-state index contributed by atoms with van der Waals surface area (Å²) in [4.78, 5) is 10.8. The lowest BCUT2D eigenvalue weighted by molar-refractivity contribution is 0.410. The van der Waals surface area contributed by atoms with E-state index in [1.54, 1.807) is 7.11 Å². The minimum absolute atomic E-state index is 0.242. The van der Waals surface area contributed by atoms with Gasteiger partial charge in [-0.05, 0) is 18.3 Å². The minimum atomic E-state index is 0.242. The first kappa shape index (κ1) is 11.5. The number of para-hydroxylation sites is 1. The predicted octanol–water partition coefficient (Wildman–Crippen LogP) is 1.72. The molecule has 17 heavy (non-hydrogen) atoms. The Labute approximate surface area is 104 Å². The van der Waals surface area contributed by atoms with E-state index in [4.69, 9.17) is 22.7 Å². The molecule has 0 saturated carbocycles. The number of ether oxygens (including phenoxy) is 1. The Morgan fingerprint density at radius 1 is 1.35 bits per heavy atom. The Balaban J connectivity index is 2.34. The van der Waals surface area contributed by atoms with Crippen LogP contribution in [0.25, 0.3) is 0 Å². The predicted molar refractivity (Wildman–Crippen MR) is 67.4 cm³/mol. The topological polar surface area (TPSA) is 76.8 Å². The van der Waals surface area contributed by atoms with Gasteiger partial charge in [0.25, 0.3) is 0 Å². The molecule has 1 aromatic carbocycles. The molecule has 0 aliphatic rings. The van der Waals surface area contributed by atoms with Gasteiger partial charge in [0, 0.05) is 12.0 Å². The van der Waals surface area contributed by atoms with Crippen LogP contribution in [0.5, 0.6) is 5.75 Å². The van der Waals surface area contributed by atoms with E-state index in [1.165, 1.54) is 0 Å². The standard InChI is InChI=1S/C11H12N4OS/c1-16-8-5-3-2-4-7(8)6-9-13-10(12)15-11(17)14-9/h2-5H,6H2,1H3,(H3,12,13,14,15,17). The number of benzene rings is 1. The van der Waals surface area contributed by atoms with E-state index < -0.39 is 0 Å². The normalized spacial score (nSPS) is 10.2. The first-order valence-electron chi connectivity index (χ1n) is 5.03. The SMILES string of the molecule is COc1ccccc1Cc1nc(=S)nc(N)[nH]1. The summed E-state index contributed by atoms with van der Waals surface area (Å²) in [6.07, 6.45) is 0.570. The first-order valence-corrected chi connectivity index (χ1v) is 5.44. The van der Waals surface area contributed by atoms with Crippen LogP contribution in [0.15, 0.2) is 24.3 Å². The Bertz CT molecular complexity index is 582. The van der Waals surface area contributed by atoms with Gasteiger partial charge in [0.05, 0.1) is 7.11 Å². The Kier molecular flexibility index (Phi) is 3.34. The summed E-state index contributed by atoms with van der Waals surface area (Å²) < 4.78 is 5.51. The van der Waals surface area contributed by atoms with Crippen molar-refractivity contribution in [3.05, 3.63) is 40.4 Å². The zero-order valence-corrected chi connectivity index (χ0v) is 10.1. The smallest absolute Gasteiger partial charge is 0.224 e. The number of methoxy groups -OCH3 is 1. The number of nitrogen functional groups attached to an aromatic ring is 1. The lowest BCUT2D eigenvalue weighted by Gasteiger charge is -2.07. The summed E-state index contributed by atoms with van der Waals surface area (Å²) in [5, 5.41) is 0. The molecule has 1 aromatic heterocycles. The number of aromatic nitrogens is 3. The van der Waals surface area contributed by atoms with Gasteiger partial charge in [-0.15, -0.1) is 0 Å². The lowest BCUT2D eigenvalue weighted by Crippen LogP contribution is -2.04. The Morgan fingerprint density at radius 3 is 2.82 bits per heavy atom. The fourth-order valence-corrected chi connectivity index (χ4v) is 1.77. The fraction of sp³-hybridized carbons (Fsp3) is 0.182. The van der Waals surface area contributed by atoms with Crippen molar-refractivity contribution in [2.24, 2.45) is 0 Å². The van der Waals surface area contributed by atoms with Gasteiger partial charge in [0.15, 0.2) is 0 Å². The molecule has 0 saturated heterocycles. The van der Waals surface area contributed by atoms with E-state index in [0.29, 0.717) is 12.2 Å². The van der Waals surface area contributed by atoms with Crippen LogP contribution in [-0.2, 0) is 6.42 Å². The van der Waals surface area contributed by atoms with Crippen molar-refractivity contribution in [1.82, 2.24) is 15.0 Å². The van der Waals surface area contributed by atoms with Crippen LogP contribution >= 0.6 is 12.2 Å². The molecular formula is C11H12N4OS. The quantitative estimate of drug-likeness (QED) is 0.809. The number of anilines is 1. The van der Waals surface area contributed by atoms with Crippen molar-refractivity contribution < 1.29 is 4.74 Å². The van der Waals surface area contributed by atoms with Gasteiger partial charge in [-0.1, -0.05) is 18.2 Å². The fourth-order valence-electron chi connectivity index (χ4n) is 1.56. The van der Waals surface area contributed by atoms with Gasteiger partial charge in [-0.25, -0.2) is 4.98 Å². The van der Waals surface area contributed by atoms with Crippen molar-refractivity contribution in [3.63, 3.8) is 0 Å². The maximum atomic E-state index is 5.58. The zero-order valence-electron chi connectivity index (χ0n) is 9.30. The van der Waals surface area contributed by atoms with Gasteiger partial charge < -0.3 is 15.5 Å². The number of H-pyrrole nitrogens is 1. The molecule has 5 nitrogen and oxygen atoms in total. The molecule has 0 radical (unpaired) electrons. The molecular weight excluding hydrogens is 236 g/mol. The van der Waals surface area contributed by atoms with E-state index in [-0.39, 0.29) is 10.7 Å². The molecule has 0 amide bonds. The number of hydrogen-bond acceptors (Lipinski definition) is 5. The van der Waals surface area contributed by atoms with Crippen molar-refractivity contribution in [3.8, 4) is 5.75 Å². The summed E-state index contributed by atoms with van der Waals surface area (Å²) in [5.41, 5.74) is 6.59. The summed E-state index contributed by atoms with van der Waals surface area (Å²) in [5.74, 6) is 1.76. The number of rotatable bonds is 3. The highest BCUT2D eigenvalue weighted by molar-refractivity contribution is 7.71. The minimum Gasteiger partial charge on any atom is -0.496 e. The van der Waals surface area contributed by atoms with Crippen molar-refractivity contribution in [2.45, 2.75) is 6.42 Å². The van der Waals surface area contributed by atoms with Gasteiger partial charge in [0.2, 0.25) is 10.7 Å². The molecule has 2 rings (SSSR count). The Hall–Kier alpha value is -1.95. The second-order valence-corrected chi connectivity index (χ2v) is 3.82. The van der Waals surface area contributed by atoms with Crippen LogP contribution in [0.4, 0.5) is 5.95 Å². The van der Waals surface area contributed by atoms with Crippen LogP contribution in [0.3, 0.4) is 0 Å². The molecule has 88 valence electrons. The van der Waals surface area contributed by atoms with E-state index in [1.807, 2.05) is 24.3 Å². The first-order chi connectivity index (χ1) is 8.19. The summed E-state index contributed by atoms with van der Waals surface area (Å²) in [7, 11) is 1.63. The third kappa shape index (κ3) is 2.79. The Morgan fingerprint density at radius 2 is 2.12 bits per heavy atom. The summed E-state index contributed by atoms with van der Waals surface area (Å²) in [6, 6.07) is 7.72. The van der Waals surface area contributed by atoms with Gasteiger partial charge >= 0.3 is 0 Å².